The fourth-order valence-electron chi connectivity index (χ4n) is 2.32. The second-order valence-electron chi connectivity index (χ2n) is 4.39. The summed E-state index contributed by atoms with van der Waals surface area (Å²) in [5.74, 6) is -0.840. The van der Waals surface area contributed by atoms with E-state index >= 15 is 0 Å². The van der Waals surface area contributed by atoms with E-state index < -0.39 is 5.97 Å². The van der Waals surface area contributed by atoms with Gasteiger partial charge in [-0.3, -0.25) is 10.1 Å². The molecule has 3 rings (SSSR count). The lowest BCUT2D eigenvalue weighted by Crippen LogP contribution is -2.30. The highest BCUT2D eigenvalue weighted by molar-refractivity contribution is 7.99. The summed E-state index contributed by atoms with van der Waals surface area (Å²) in [6, 6.07) is 16.2. The summed E-state index contributed by atoms with van der Waals surface area (Å²) in [6.45, 7) is -0.0436. The van der Waals surface area contributed by atoms with Crippen LogP contribution in [-0.4, -0.2) is 17.6 Å². The van der Waals surface area contributed by atoms with Gasteiger partial charge in [0.25, 0.3) is 0 Å². The van der Waals surface area contributed by atoms with Gasteiger partial charge in [-0.25, -0.2) is 0 Å². The number of fused-ring (bicyclic) bond motifs is 2. The molecule has 0 saturated heterocycles. The summed E-state index contributed by atoms with van der Waals surface area (Å²) in [5, 5.41) is 12.0. The van der Waals surface area contributed by atoms with Gasteiger partial charge in [-0.15, -0.1) is 0 Å². The number of aliphatic carboxylic acids is 1. The second-order valence-corrected chi connectivity index (χ2v) is 5.47. The van der Waals surface area contributed by atoms with Crippen molar-refractivity contribution < 1.29 is 9.90 Å². The molecule has 0 radical (unpaired) electrons. The van der Waals surface area contributed by atoms with E-state index in [2.05, 4.69) is 29.6 Å². The van der Waals surface area contributed by atoms with Crippen LogP contribution in [0.1, 0.15) is 17.2 Å². The maximum absolute atomic E-state index is 10.8. The van der Waals surface area contributed by atoms with Crippen LogP contribution in [0.25, 0.3) is 0 Å². The number of hydrogen-bond acceptors (Lipinski definition) is 3. The first-order chi connectivity index (χ1) is 9.25. The van der Waals surface area contributed by atoms with Crippen LogP contribution in [-0.2, 0) is 4.79 Å². The van der Waals surface area contributed by atoms with E-state index in [0.29, 0.717) is 0 Å². The van der Waals surface area contributed by atoms with Gasteiger partial charge in [0.2, 0.25) is 0 Å². The molecule has 19 heavy (non-hydrogen) atoms. The van der Waals surface area contributed by atoms with Crippen molar-refractivity contribution in [2.24, 2.45) is 0 Å². The monoisotopic (exact) mass is 271 g/mol. The van der Waals surface area contributed by atoms with Gasteiger partial charge in [0.05, 0.1) is 12.6 Å². The summed E-state index contributed by atoms with van der Waals surface area (Å²) in [6.07, 6.45) is 0. The van der Waals surface area contributed by atoms with Gasteiger partial charge < -0.3 is 5.11 Å². The van der Waals surface area contributed by atoms with Crippen LogP contribution in [0.15, 0.2) is 58.3 Å². The first-order valence-corrected chi connectivity index (χ1v) is 6.88. The Morgan fingerprint density at radius 2 is 1.58 bits per heavy atom. The van der Waals surface area contributed by atoms with Gasteiger partial charge in [0.1, 0.15) is 0 Å². The molecule has 1 aliphatic heterocycles. The minimum atomic E-state index is -0.840. The Kier molecular flexibility index (Phi) is 3.27. The molecule has 0 aliphatic carbocycles. The minimum Gasteiger partial charge on any atom is -0.480 e. The number of carbonyl (C=O) groups is 1. The quantitative estimate of drug-likeness (QED) is 0.901. The molecule has 3 nitrogen and oxygen atoms in total. The van der Waals surface area contributed by atoms with Crippen molar-refractivity contribution in [2.75, 3.05) is 6.54 Å². The van der Waals surface area contributed by atoms with Crippen molar-refractivity contribution in [3.63, 3.8) is 0 Å². The van der Waals surface area contributed by atoms with Crippen molar-refractivity contribution in [3.05, 3.63) is 59.7 Å². The zero-order valence-electron chi connectivity index (χ0n) is 10.2. The van der Waals surface area contributed by atoms with Crippen molar-refractivity contribution in [1.29, 1.82) is 0 Å². The maximum atomic E-state index is 10.8. The number of rotatable bonds is 3. The molecule has 96 valence electrons. The second kappa shape index (κ2) is 5.07. The molecule has 2 N–H and O–H groups in total. The molecule has 0 unspecified atom stereocenters. The van der Waals surface area contributed by atoms with E-state index in [1.807, 2.05) is 24.3 Å². The number of benzene rings is 2. The van der Waals surface area contributed by atoms with Crippen LogP contribution < -0.4 is 5.32 Å². The average molecular weight is 271 g/mol. The number of carboxylic acids is 1. The lowest BCUT2D eigenvalue weighted by Gasteiger charge is -2.28. The van der Waals surface area contributed by atoms with E-state index in [1.165, 1.54) is 9.79 Å². The summed E-state index contributed by atoms with van der Waals surface area (Å²) in [4.78, 5) is 13.2. The Balaban J connectivity index is 2.03. The Morgan fingerprint density at radius 3 is 2.11 bits per heavy atom. The highest BCUT2D eigenvalue weighted by atomic mass is 32.2. The molecule has 0 bridgehead atoms. The molecule has 2 aromatic rings. The van der Waals surface area contributed by atoms with Gasteiger partial charge in [-0.2, -0.15) is 0 Å². The van der Waals surface area contributed by atoms with Crippen LogP contribution in [0.4, 0.5) is 0 Å². The summed E-state index contributed by atoms with van der Waals surface area (Å²) in [7, 11) is 0. The van der Waals surface area contributed by atoms with Crippen LogP contribution >= 0.6 is 11.8 Å². The third-order valence-electron chi connectivity index (χ3n) is 3.14. The fraction of sp³-hybridized carbons (Fsp3) is 0.133. The highest BCUT2D eigenvalue weighted by Crippen LogP contribution is 2.44. The predicted octanol–water partition coefficient (Wildman–Crippen LogP) is 2.91. The topological polar surface area (TPSA) is 49.3 Å². The largest absolute Gasteiger partial charge is 0.480 e. The summed E-state index contributed by atoms with van der Waals surface area (Å²) < 4.78 is 0. The van der Waals surface area contributed by atoms with E-state index in [4.69, 9.17) is 5.11 Å². The Morgan fingerprint density at radius 1 is 1.05 bits per heavy atom. The molecule has 0 amide bonds. The Bertz CT molecular complexity index is 582. The Hall–Kier alpha value is -1.78. The van der Waals surface area contributed by atoms with Crippen molar-refractivity contribution >= 4 is 17.7 Å². The van der Waals surface area contributed by atoms with Crippen LogP contribution in [0.3, 0.4) is 0 Å². The molecule has 0 saturated carbocycles. The predicted molar refractivity (Wildman–Crippen MR) is 74.5 cm³/mol. The van der Waals surface area contributed by atoms with E-state index in [0.717, 1.165) is 11.1 Å². The molecular formula is C15H13NO2S. The van der Waals surface area contributed by atoms with Crippen LogP contribution in [0.5, 0.6) is 0 Å². The molecule has 1 heterocycles. The summed E-state index contributed by atoms with van der Waals surface area (Å²) in [5.41, 5.74) is 2.29. The number of nitrogens with one attached hydrogen (secondary N) is 1. The van der Waals surface area contributed by atoms with Gasteiger partial charge in [-0.1, -0.05) is 48.2 Å². The Labute approximate surface area is 115 Å². The van der Waals surface area contributed by atoms with Gasteiger partial charge in [0, 0.05) is 9.79 Å². The molecule has 0 spiro atoms. The van der Waals surface area contributed by atoms with Crippen molar-refractivity contribution in [1.82, 2.24) is 5.32 Å². The molecular weight excluding hydrogens is 258 g/mol. The van der Waals surface area contributed by atoms with Crippen LogP contribution in [0.2, 0.25) is 0 Å². The van der Waals surface area contributed by atoms with Crippen LogP contribution in [0, 0.1) is 0 Å². The van der Waals surface area contributed by atoms with Gasteiger partial charge in [-0.05, 0) is 23.3 Å². The number of hydrogen-bond donors (Lipinski definition) is 2. The molecule has 1 aliphatic rings. The fourth-order valence-corrected chi connectivity index (χ4v) is 3.46. The van der Waals surface area contributed by atoms with E-state index in [9.17, 15) is 4.79 Å². The lowest BCUT2D eigenvalue weighted by atomic mass is 9.98. The third-order valence-corrected chi connectivity index (χ3v) is 4.32. The normalized spacial score (nSPS) is 13.7. The molecule has 0 atom stereocenters. The average Bonchev–Trinajstić information content (AvgIpc) is 2.43. The van der Waals surface area contributed by atoms with E-state index in [1.54, 1.807) is 11.8 Å². The zero-order valence-corrected chi connectivity index (χ0v) is 11.0. The molecule has 0 aromatic heterocycles. The first kappa shape index (κ1) is 12.3. The van der Waals surface area contributed by atoms with Crippen molar-refractivity contribution in [3.8, 4) is 0 Å². The SMILES string of the molecule is O=C(O)CNC1c2ccccc2Sc2ccccc21. The van der Waals surface area contributed by atoms with Gasteiger partial charge >= 0.3 is 5.97 Å². The zero-order chi connectivity index (χ0) is 13.2. The first-order valence-electron chi connectivity index (χ1n) is 6.06. The minimum absolute atomic E-state index is 0.0436. The highest BCUT2D eigenvalue weighted by Gasteiger charge is 2.25. The van der Waals surface area contributed by atoms with Crippen molar-refractivity contribution in [2.45, 2.75) is 15.8 Å². The van der Waals surface area contributed by atoms with Gasteiger partial charge in [0.15, 0.2) is 0 Å². The molecule has 0 fully saturated rings. The number of carboxylic acid groups (broad SMARTS) is 1. The molecule has 4 heteroatoms. The molecule has 2 aromatic carbocycles. The standard InChI is InChI=1S/C15H13NO2S/c17-14(18)9-16-15-10-5-1-3-7-12(10)19-13-8-4-2-6-11(13)15/h1-8,15-16H,9H2,(H,17,18). The lowest BCUT2D eigenvalue weighted by molar-refractivity contribution is -0.136. The smallest absolute Gasteiger partial charge is 0.317 e. The third kappa shape index (κ3) is 2.37. The summed E-state index contributed by atoms with van der Waals surface area (Å²) >= 11 is 1.73. The van der Waals surface area contributed by atoms with E-state index in [-0.39, 0.29) is 12.6 Å². The maximum Gasteiger partial charge on any atom is 0.317 e.